The molecule has 2 aromatic carbocycles. The predicted octanol–water partition coefficient (Wildman–Crippen LogP) is 3.20. The lowest BCUT2D eigenvalue weighted by Crippen LogP contribution is -2.46. The number of cyclic esters (lactones) is 1. The second-order valence-corrected chi connectivity index (χ2v) is 15.9. The van der Waals surface area contributed by atoms with E-state index in [0.717, 1.165) is 22.5 Å². The van der Waals surface area contributed by atoms with Crippen LogP contribution in [0.15, 0.2) is 54.7 Å². The molecule has 3 aliphatic rings. The maximum absolute atomic E-state index is 14.5. The smallest absolute Gasteiger partial charge is 0.414 e. The number of amides is 2. The van der Waals surface area contributed by atoms with Crippen molar-refractivity contribution in [2.45, 2.75) is 63.2 Å². The Hall–Kier alpha value is -3.58. The summed E-state index contributed by atoms with van der Waals surface area (Å²) in [5, 5.41) is 17.5. The molecule has 0 unspecified atom stereocenters. The highest BCUT2D eigenvalue weighted by molar-refractivity contribution is 6.71. The molecule has 1 aromatic heterocycles. The van der Waals surface area contributed by atoms with Crippen molar-refractivity contribution in [3.8, 4) is 0 Å². The van der Waals surface area contributed by atoms with Gasteiger partial charge in [0, 0.05) is 48.5 Å². The third kappa shape index (κ3) is 4.81. The first kappa shape index (κ1) is 28.5. The lowest BCUT2D eigenvalue weighted by molar-refractivity contribution is -0.146. The van der Waals surface area contributed by atoms with Crippen LogP contribution in [0.3, 0.4) is 0 Å². The van der Waals surface area contributed by atoms with Crippen molar-refractivity contribution in [3.05, 3.63) is 71.5 Å². The van der Waals surface area contributed by atoms with Crippen molar-refractivity contribution in [1.82, 2.24) is 15.0 Å². The average Bonchev–Trinajstić information content (AvgIpc) is 3.72. The van der Waals surface area contributed by atoms with E-state index >= 15 is 0 Å². The summed E-state index contributed by atoms with van der Waals surface area (Å²) < 4.78 is 13.7. The Kier molecular flexibility index (Phi) is 7.42. The normalized spacial score (nSPS) is 25.5. The van der Waals surface area contributed by atoms with Crippen molar-refractivity contribution in [2.24, 2.45) is 5.92 Å². The molecule has 2 N–H and O–H groups in total. The lowest BCUT2D eigenvalue weighted by atomic mass is 9.82. The monoisotopic (exact) mass is 591 g/mol. The van der Waals surface area contributed by atoms with Crippen LogP contribution in [0.2, 0.25) is 18.6 Å². The second kappa shape index (κ2) is 10.9. The Labute approximate surface area is 245 Å². The van der Waals surface area contributed by atoms with E-state index in [-0.39, 0.29) is 36.2 Å². The van der Waals surface area contributed by atoms with E-state index in [4.69, 9.17) is 9.47 Å². The largest absolute Gasteiger partial charge is 0.447 e. The zero-order valence-corrected chi connectivity index (χ0v) is 25.1. The topological polar surface area (TPSA) is 130 Å². The molecule has 1 spiro atoms. The molecule has 2 fully saturated rings. The van der Waals surface area contributed by atoms with Gasteiger partial charge in [0.1, 0.15) is 6.61 Å². The fourth-order valence-electron chi connectivity index (χ4n) is 6.99. The van der Waals surface area contributed by atoms with Gasteiger partial charge >= 0.3 is 6.09 Å². The number of fused-ring (bicyclic) bond motifs is 2. The van der Waals surface area contributed by atoms with Gasteiger partial charge in [-0.05, 0) is 43.3 Å². The van der Waals surface area contributed by atoms with Gasteiger partial charge in [-0.25, -0.2) is 4.79 Å². The summed E-state index contributed by atoms with van der Waals surface area (Å²) in [7, 11) is -2.78. The molecule has 3 aliphatic heterocycles. The fraction of sp³-hybridized carbons (Fsp3) is 0.467. The Morgan fingerprint density at radius 3 is 2.57 bits per heavy atom. The molecule has 42 heavy (non-hydrogen) atoms. The molecule has 6 rings (SSSR count). The standard InChI is InChI=1S/C30H37N5O6Si/c1-20-27(42(2,3)39)26(12-14-33-19-22(13-16-36)31-32-33)41-30(20)24-6-4-5-7-25(24)35(28(30)37)18-21-8-10-23(11-9-21)34-15-17-40-29(34)38/h4-11,19-20,26-27,36,39H,12-18H2,1-3H3/t20-,26+,27-,30+/m1/s1. The van der Waals surface area contributed by atoms with Crippen molar-refractivity contribution < 1.29 is 29.0 Å². The molecule has 2 amide bonds. The summed E-state index contributed by atoms with van der Waals surface area (Å²) in [6.45, 7) is 7.63. The molecule has 3 aromatic rings. The summed E-state index contributed by atoms with van der Waals surface area (Å²) in [6, 6.07) is 15.4. The van der Waals surface area contributed by atoms with Gasteiger partial charge in [0.25, 0.3) is 5.91 Å². The number of hydrogen-bond acceptors (Lipinski definition) is 8. The first-order chi connectivity index (χ1) is 20.1. The number of anilines is 2. The third-order valence-corrected chi connectivity index (χ3v) is 11.3. The number of carbonyl (C=O) groups is 2. The van der Waals surface area contributed by atoms with Crippen molar-refractivity contribution in [2.75, 3.05) is 29.6 Å². The van der Waals surface area contributed by atoms with E-state index in [0.29, 0.717) is 44.8 Å². The van der Waals surface area contributed by atoms with E-state index in [1.165, 1.54) is 0 Å². The molecular formula is C30H37N5O6Si. The molecule has 12 heteroatoms. The van der Waals surface area contributed by atoms with Gasteiger partial charge in [0.05, 0.1) is 30.6 Å². The fourth-order valence-corrected chi connectivity index (χ4v) is 9.59. The van der Waals surface area contributed by atoms with E-state index < -0.39 is 13.9 Å². The molecule has 222 valence electrons. The van der Waals surface area contributed by atoms with Gasteiger partial charge in [0.2, 0.25) is 0 Å². The van der Waals surface area contributed by atoms with Gasteiger partial charge in [-0.2, -0.15) is 0 Å². The minimum atomic E-state index is -2.78. The lowest BCUT2D eigenvalue weighted by Gasteiger charge is -2.32. The molecule has 0 radical (unpaired) electrons. The van der Waals surface area contributed by atoms with Crippen LogP contribution >= 0.6 is 0 Å². The van der Waals surface area contributed by atoms with Gasteiger partial charge in [-0.1, -0.05) is 42.5 Å². The molecule has 4 heterocycles. The molecule has 0 bridgehead atoms. The molecule has 11 nitrogen and oxygen atoms in total. The van der Waals surface area contributed by atoms with Gasteiger partial charge in [0.15, 0.2) is 13.9 Å². The van der Waals surface area contributed by atoms with Crippen LogP contribution in [-0.2, 0) is 39.4 Å². The van der Waals surface area contributed by atoms with Crippen molar-refractivity contribution >= 4 is 31.7 Å². The molecule has 0 aliphatic carbocycles. The van der Waals surface area contributed by atoms with Crippen LogP contribution in [0.25, 0.3) is 0 Å². The number of para-hydroxylation sites is 1. The Morgan fingerprint density at radius 2 is 1.88 bits per heavy atom. The van der Waals surface area contributed by atoms with Crippen LogP contribution < -0.4 is 9.80 Å². The highest BCUT2D eigenvalue weighted by Gasteiger charge is 2.66. The van der Waals surface area contributed by atoms with Crippen LogP contribution in [-0.4, -0.2) is 71.1 Å². The Balaban J connectivity index is 1.28. The minimum absolute atomic E-state index is 0.00604. The summed E-state index contributed by atoms with van der Waals surface area (Å²) >= 11 is 0. The maximum Gasteiger partial charge on any atom is 0.414 e. The number of carbonyl (C=O) groups excluding carboxylic acids is 2. The molecule has 4 atom stereocenters. The molecular weight excluding hydrogens is 554 g/mol. The number of benzene rings is 2. The van der Waals surface area contributed by atoms with Crippen LogP contribution in [0.5, 0.6) is 0 Å². The van der Waals surface area contributed by atoms with Gasteiger partial charge in [-0.15, -0.1) is 5.10 Å². The number of aryl methyl sites for hydroxylation is 1. The number of aliphatic hydroxyl groups excluding tert-OH is 1. The van der Waals surface area contributed by atoms with E-state index in [1.807, 2.05) is 74.7 Å². The predicted molar refractivity (Wildman–Crippen MR) is 157 cm³/mol. The van der Waals surface area contributed by atoms with Crippen molar-refractivity contribution in [3.63, 3.8) is 0 Å². The Morgan fingerprint density at radius 1 is 1.12 bits per heavy atom. The molecule has 2 saturated heterocycles. The highest BCUT2D eigenvalue weighted by atomic mass is 28.4. The number of nitrogens with zero attached hydrogens (tertiary/aromatic N) is 5. The van der Waals surface area contributed by atoms with Crippen LogP contribution in [0.1, 0.15) is 30.2 Å². The summed E-state index contributed by atoms with van der Waals surface area (Å²) in [5.74, 6) is -0.378. The first-order valence-corrected chi connectivity index (χ1v) is 17.5. The van der Waals surface area contributed by atoms with Gasteiger partial charge < -0.3 is 24.3 Å². The molecule has 0 saturated carbocycles. The number of ether oxygens (including phenoxy) is 2. The van der Waals surface area contributed by atoms with Gasteiger partial charge in [-0.3, -0.25) is 14.4 Å². The highest BCUT2D eigenvalue weighted by Crippen LogP contribution is 2.59. The number of hydrogen-bond donors (Lipinski definition) is 2. The summed E-state index contributed by atoms with van der Waals surface area (Å²) in [6.07, 6.45) is 2.11. The summed E-state index contributed by atoms with van der Waals surface area (Å²) in [4.78, 5) is 41.3. The first-order valence-electron chi connectivity index (χ1n) is 14.5. The summed E-state index contributed by atoms with van der Waals surface area (Å²) in [5.41, 5.74) is 2.64. The number of aromatic nitrogens is 3. The zero-order chi connectivity index (χ0) is 29.6. The second-order valence-electron chi connectivity index (χ2n) is 11.9. The number of rotatable bonds is 9. The van der Waals surface area contributed by atoms with Crippen molar-refractivity contribution in [1.29, 1.82) is 0 Å². The van der Waals surface area contributed by atoms with Crippen LogP contribution in [0.4, 0.5) is 16.2 Å². The Bertz CT molecular complexity index is 1470. The maximum atomic E-state index is 14.5. The van der Waals surface area contributed by atoms with E-state index in [1.54, 1.807) is 14.5 Å². The zero-order valence-electron chi connectivity index (χ0n) is 24.1. The van der Waals surface area contributed by atoms with Crippen LogP contribution in [0, 0.1) is 5.92 Å². The van der Waals surface area contributed by atoms with E-state index in [2.05, 4.69) is 10.3 Å². The number of aliphatic hydroxyl groups is 1. The minimum Gasteiger partial charge on any atom is -0.447 e. The SMILES string of the molecule is C[C@@H]1[C@@H]([Si](C)(C)O)[C@H](CCn2cc(CCO)nn2)O[C@@]12C(=O)N(Cc1ccc(N3CCOC3=O)cc1)c1ccccc12. The quantitative estimate of drug-likeness (QED) is 0.363. The average molecular weight is 592 g/mol. The third-order valence-electron chi connectivity index (χ3n) is 8.84. The van der Waals surface area contributed by atoms with E-state index in [9.17, 15) is 19.5 Å².